The Morgan fingerprint density at radius 2 is 1.65 bits per heavy atom. The Bertz CT molecular complexity index is 690. The van der Waals surface area contributed by atoms with E-state index < -0.39 is 0 Å². The lowest BCUT2D eigenvalue weighted by molar-refractivity contribution is 0.0952. The number of aromatic nitrogens is 2. The van der Waals surface area contributed by atoms with E-state index >= 15 is 0 Å². The highest BCUT2D eigenvalue weighted by Crippen LogP contribution is 2.15. The maximum atomic E-state index is 12.2. The maximum Gasteiger partial charge on any atom is 0.251 e. The van der Waals surface area contributed by atoms with Crippen LogP contribution in [0.15, 0.2) is 30.3 Å². The summed E-state index contributed by atoms with van der Waals surface area (Å²) >= 11 is 0. The summed E-state index contributed by atoms with van der Waals surface area (Å²) in [5, 5.41) is 6.15. The minimum atomic E-state index is -0.0428. The summed E-state index contributed by atoms with van der Waals surface area (Å²) in [6.07, 6.45) is 0.955. The molecule has 2 aromatic rings. The van der Waals surface area contributed by atoms with Gasteiger partial charge in [-0.1, -0.05) is 13.8 Å². The SMILES string of the molecule is CCN(CC)CCCNC(=O)c1ccc(Nc2nc(C)cc(C)n2)cc1. The van der Waals surface area contributed by atoms with E-state index in [0.29, 0.717) is 18.1 Å². The summed E-state index contributed by atoms with van der Waals surface area (Å²) in [6, 6.07) is 9.28. The second kappa shape index (κ2) is 9.87. The average Bonchev–Trinajstić information content (AvgIpc) is 2.61. The zero-order valence-electron chi connectivity index (χ0n) is 16.2. The molecule has 0 spiro atoms. The van der Waals surface area contributed by atoms with Crippen LogP contribution in [0.25, 0.3) is 0 Å². The molecule has 6 nitrogen and oxygen atoms in total. The molecule has 0 fully saturated rings. The summed E-state index contributed by atoms with van der Waals surface area (Å²) in [5.74, 6) is 0.523. The highest BCUT2D eigenvalue weighted by Gasteiger charge is 2.06. The van der Waals surface area contributed by atoms with Gasteiger partial charge in [-0.05, 0) is 70.2 Å². The van der Waals surface area contributed by atoms with Gasteiger partial charge in [0.15, 0.2) is 0 Å². The van der Waals surface area contributed by atoms with Crippen LogP contribution < -0.4 is 10.6 Å². The van der Waals surface area contributed by atoms with Crippen LogP contribution in [0, 0.1) is 13.8 Å². The van der Waals surface area contributed by atoms with Crippen LogP contribution in [0.4, 0.5) is 11.6 Å². The first kappa shape index (κ1) is 19.8. The van der Waals surface area contributed by atoms with Gasteiger partial charge < -0.3 is 15.5 Å². The van der Waals surface area contributed by atoms with Crippen molar-refractivity contribution in [3.05, 3.63) is 47.3 Å². The number of amides is 1. The molecule has 0 aliphatic heterocycles. The van der Waals surface area contributed by atoms with Crippen molar-refractivity contribution in [2.45, 2.75) is 34.1 Å². The molecule has 0 radical (unpaired) electrons. The molecule has 0 unspecified atom stereocenters. The number of carbonyl (C=O) groups excluding carboxylic acids is 1. The van der Waals surface area contributed by atoms with Crippen molar-refractivity contribution in [1.82, 2.24) is 20.2 Å². The average molecular weight is 355 g/mol. The van der Waals surface area contributed by atoms with Crippen LogP contribution in [0.1, 0.15) is 42.0 Å². The van der Waals surface area contributed by atoms with E-state index in [2.05, 4.69) is 39.3 Å². The van der Waals surface area contributed by atoms with Gasteiger partial charge in [0.2, 0.25) is 5.95 Å². The lowest BCUT2D eigenvalue weighted by atomic mass is 10.2. The monoisotopic (exact) mass is 355 g/mol. The zero-order valence-corrected chi connectivity index (χ0v) is 16.2. The summed E-state index contributed by atoms with van der Waals surface area (Å²) in [4.78, 5) is 23.3. The molecule has 6 heteroatoms. The van der Waals surface area contributed by atoms with Crippen molar-refractivity contribution >= 4 is 17.5 Å². The number of benzene rings is 1. The highest BCUT2D eigenvalue weighted by atomic mass is 16.1. The molecule has 140 valence electrons. The van der Waals surface area contributed by atoms with Gasteiger partial charge in [0.25, 0.3) is 5.91 Å². The molecular weight excluding hydrogens is 326 g/mol. The van der Waals surface area contributed by atoms with E-state index in [0.717, 1.165) is 43.1 Å². The number of hydrogen-bond acceptors (Lipinski definition) is 5. The van der Waals surface area contributed by atoms with Crippen molar-refractivity contribution in [2.75, 3.05) is 31.5 Å². The summed E-state index contributed by atoms with van der Waals surface area (Å²) in [6.45, 7) is 12.0. The summed E-state index contributed by atoms with van der Waals surface area (Å²) < 4.78 is 0. The van der Waals surface area contributed by atoms with Crippen LogP contribution in [0.3, 0.4) is 0 Å². The van der Waals surface area contributed by atoms with Crippen molar-refractivity contribution < 1.29 is 4.79 Å². The van der Waals surface area contributed by atoms with Crippen LogP contribution >= 0.6 is 0 Å². The standard InChI is InChI=1S/C20H29N5O/c1-5-25(6-2)13-7-12-21-19(26)17-8-10-18(11-9-17)24-20-22-15(3)14-16(4)23-20/h8-11,14H,5-7,12-13H2,1-4H3,(H,21,26)(H,22,23,24). The number of nitrogens with zero attached hydrogens (tertiary/aromatic N) is 3. The predicted octanol–water partition coefficient (Wildman–Crippen LogP) is 3.30. The number of carbonyl (C=O) groups is 1. The topological polar surface area (TPSA) is 70.2 Å². The first-order chi connectivity index (χ1) is 12.5. The molecule has 0 atom stereocenters. The minimum absolute atomic E-state index is 0.0428. The molecule has 0 saturated heterocycles. The van der Waals surface area contributed by atoms with Crippen molar-refractivity contribution in [3.8, 4) is 0 Å². The van der Waals surface area contributed by atoms with E-state index in [9.17, 15) is 4.79 Å². The Hall–Kier alpha value is -2.47. The molecule has 1 aromatic heterocycles. The Balaban J connectivity index is 1.85. The lowest BCUT2D eigenvalue weighted by Crippen LogP contribution is -2.29. The van der Waals surface area contributed by atoms with Crippen molar-refractivity contribution in [3.63, 3.8) is 0 Å². The van der Waals surface area contributed by atoms with Crippen molar-refractivity contribution in [1.29, 1.82) is 0 Å². The number of aryl methyl sites for hydroxylation is 2. The summed E-state index contributed by atoms with van der Waals surface area (Å²) in [5.41, 5.74) is 3.34. The van der Waals surface area contributed by atoms with Gasteiger partial charge in [0, 0.05) is 29.2 Å². The zero-order chi connectivity index (χ0) is 18.9. The Kier molecular flexibility index (Phi) is 7.53. The number of rotatable bonds is 9. The van der Waals surface area contributed by atoms with Gasteiger partial charge in [-0.25, -0.2) is 9.97 Å². The second-order valence-corrected chi connectivity index (χ2v) is 6.31. The Morgan fingerprint density at radius 1 is 1.04 bits per heavy atom. The molecule has 1 aromatic carbocycles. The summed E-state index contributed by atoms with van der Waals surface area (Å²) in [7, 11) is 0. The smallest absolute Gasteiger partial charge is 0.251 e. The van der Waals surface area contributed by atoms with Crippen LogP contribution in [-0.2, 0) is 0 Å². The van der Waals surface area contributed by atoms with Gasteiger partial charge in [-0.2, -0.15) is 0 Å². The maximum absolute atomic E-state index is 12.2. The molecule has 0 aliphatic carbocycles. The van der Waals surface area contributed by atoms with E-state index in [4.69, 9.17) is 0 Å². The second-order valence-electron chi connectivity index (χ2n) is 6.31. The van der Waals surface area contributed by atoms with Crippen molar-refractivity contribution in [2.24, 2.45) is 0 Å². The van der Waals surface area contributed by atoms with E-state index in [1.54, 1.807) is 0 Å². The number of hydrogen-bond donors (Lipinski definition) is 2. The third kappa shape index (κ3) is 6.11. The number of anilines is 2. The van der Waals surface area contributed by atoms with Gasteiger partial charge in [0.1, 0.15) is 0 Å². The normalized spacial score (nSPS) is 10.8. The fourth-order valence-electron chi connectivity index (χ4n) is 2.76. The van der Waals surface area contributed by atoms with E-state index in [1.807, 2.05) is 44.2 Å². The van der Waals surface area contributed by atoms with Crippen LogP contribution in [-0.4, -0.2) is 47.0 Å². The van der Waals surface area contributed by atoms with Gasteiger partial charge >= 0.3 is 0 Å². The molecule has 1 heterocycles. The third-order valence-electron chi connectivity index (χ3n) is 4.22. The molecular formula is C20H29N5O. The minimum Gasteiger partial charge on any atom is -0.352 e. The fraction of sp³-hybridized carbons (Fsp3) is 0.450. The first-order valence-corrected chi connectivity index (χ1v) is 9.21. The van der Waals surface area contributed by atoms with Crippen LogP contribution in [0.5, 0.6) is 0 Å². The molecule has 0 saturated carbocycles. The predicted molar refractivity (Wildman–Crippen MR) is 106 cm³/mol. The third-order valence-corrected chi connectivity index (χ3v) is 4.22. The van der Waals surface area contributed by atoms with E-state index in [1.165, 1.54) is 0 Å². The molecule has 2 rings (SSSR count). The largest absolute Gasteiger partial charge is 0.352 e. The fourth-order valence-corrected chi connectivity index (χ4v) is 2.76. The highest BCUT2D eigenvalue weighted by molar-refractivity contribution is 5.94. The molecule has 0 aliphatic rings. The molecule has 2 N–H and O–H groups in total. The Morgan fingerprint density at radius 3 is 2.23 bits per heavy atom. The van der Waals surface area contributed by atoms with Gasteiger partial charge in [-0.3, -0.25) is 4.79 Å². The number of nitrogens with one attached hydrogen (secondary N) is 2. The quantitative estimate of drug-likeness (QED) is 0.676. The molecule has 0 bridgehead atoms. The molecule has 1 amide bonds. The Labute approximate surface area is 156 Å². The lowest BCUT2D eigenvalue weighted by Gasteiger charge is -2.17. The van der Waals surface area contributed by atoms with E-state index in [-0.39, 0.29) is 5.91 Å². The molecule has 26 heavy (non-hydrogen) atoms. The van der Waals surface area contributed by atoms with Crippen LogP contribution in [0.2, 0.25) is 0 Å². The first-order valence-electron chi connectivity index (χ1n) is 9.21. The van der Waals surface area contributed by atoms with Gasteiger partial charge in [-0.15, -0.1) is 0 Å². The van der Waals surface area contributed by atoms with Gasteiger partial charge in [0.05, 0.1) is 0 Å².